The second-order valence-electron chi connectivity index (χ2n) is 4.85. The second-order valence-corrected chi connectivity index (χ2v) is 6.77. The zero-order valence-corrected chi connectivity index (χ0v) is 13.6. The summed E-state index contributed by atoms with van der Waals surface area (Å²) in [7, 11) is -1.52. The van der Waals surface area contributed by atoms with E-state index in [1.807, 2.05) is 13.8 Å². The van der Waals surface area contributed by atoms with E-state index in [4.69, 9.17) is 9.47 Å². The number of carbonyl (C=O) groups excluding carboxylic acids is 1. The van der Waals surface area contributed by atoms with Gasteiger partial charge in [0.1, 0.15) is 0 Å². The van der Waals surface area contributed by atoms with Crippen LogP contribution < -0.4 is 0 Å². The monoisotopic (exact) mass is 291 g/mol. The number of esters is 1. The van der Waals surface area contributed by atoms with Crippen LogP contribution in [0.4, 0.5) is 0 Å². The summed E-state index contributed by atoms with van der Waals surface area (Å²) in [5.41, 5.74) is 0. The molecule has 0 aliphatic carbocycles. The Morgan fingerprint density at radius 2 is 1.68 bits per heavy atom. The zero-order chi connectivity index (χ0) is 14.7. The Bertz CT molecular complexity index is 268. The van der Waals surface area contributed by atoms with Gasteiger partial charge in [0.15, 0.2) is 6.16 Å². The molecule has 0 spiro atoms. The summed E-state index contributed by atoms with van der Waals surface area (Å²) in [6.07, 6.45) is 4.25. The number of rotatable bonds is 11. The molecule has 0 fully saturated rings. The molecule has 0 amide bonds. The minimum Gasteiger partial charge on any atom is -0.465 e. The van der Waals surface area contributed by atoms with E-state index in [0.29, 0.717) is 19.4 Å². The van der Waals surface area contributed by atoms with Gasteiger partial charge in [-0.3, -0.25) is 4.79 Å². The van der Waals surface area contributed by atoms with Crippen molar-refractivity contribution < 1.29 is 18.8 Å². The lowest BCUT2D eigenvalue weighted by atomic mass is 10.2. The molecule has 112 valence electrons. The first-order chi connectivity index (χ1) is 9.02. The molecule has 0 rings (SSSR count). The molecule has 0 bridgehead atoms. The van der Waals surface area contributed by atoms with Crippen LogP contribution in [-0.4, -0.2) is 31.2 Å². The van der Waals surface area contributed by atoms with Crippen molar-refractivity contribution in [3.8, 4) is 0 Å². The van der Waals surface area contributed by atoms with Crippen LogP contribution in [-0.2, 0) is 18.8 Å². The number of unbranched alkanes of at least 4 members (excludes halogenated alkanes) is 2. The smallest absolute Gasteiger partial charge is 0.370 e. The fraction of sp³-hybridized carbons (Fsp3) is 0.929. The van der Waals surface area contributed by atoms with Crippen molar-refractivity contribution >= 4 is 13.8 Å². The topological polar surface area (TPSA) is 52.6 Å². The van der Waals surface area contributed by atoms with Gasteiger partial charge in [-0.15, -0.1) is 0 Å². The quantitative estimate of drug-likeness (QED) is 0.328. The maximum absolute atomic E-state index is 12.0. The van der Waals surface area contributed by atoms with Gasteiger partial charge >= 0.3 is 13.8 Å². The number of carbonyl (C=O) groups is 1. The summed E-state index contributed by atoms with van der Waals surface area (Å²) in [5, 5.41) is 0. The lowest BCUT2D eigenvalue weighted by Crippen LogP contribution is -2.19. The summed E-state index contributed by atoms with van der Waals surface area (Å²) < 4.78 is 22.6. The third-order valence-corrected chi connectivity index (χ3v) is 4.73. The largest absolute Gasteiger partial charge is 0.465 e. The maximum atomic E-state index is 12.0. The molecule has 0 heterocycles. The number of hydrogen-bond acceptors (Lipinski definition) is 4. The summed E-state index contributed by atoms with van der Waals surface area (Å²) in [5.74, 6) is -0.859. The number of hydrogen-bond donors (Lipinski definition) is 0. The molecule has 0 aliphatic heterocycles. The summed E-state index contributed by atoms with van der Waals surface area (Å²) in [6, 6.07) is 0. The van der Waals surface area contributed by atoms with Gasteiger partial charge in [0.2, 0.25) is 0 Å². The fourth-order valence-electron chi connectivity index (χ4n) is 1.43. The van der Waals surface area contributed by atoms with Crippen LogP contribution in [0.5, 0.6) is 0 Å². The summed E-state index contributed by atoms with van der Waals surface area (Å²) in [4.78, 5) is 11.6. The third-order valence-electron chi connectivity index (χ3n) is 2.86. The van der Waals surface area contributed by atoms with E-state index in [1.165, 1.54) is 0 Å². The van der Waals surface area contributed by atoms with Gasteiger partial charge in [0.05, 0.1) is 19.1 Å². The van der Waals surface area contributed by atoms with E-state index in [1.54, 1.807) is 6.92 Å². The Kier molecular flexibility index (Phi) is 11.1. The van der Waals surface area contributed by atoms with Gasteiger partial charge in [0, 0.05) is 6.92 Å². The van der Waals surface area contributed by atoms with Gasteiger partial charge in [-0.05, 0) is 19.8 Å². The average molecular weight is 291 g/mol. The standard InChI is InChI=1S/C14H28O4P/c1-5-7-9-17-13(4)19(16)11-12(3)14(15)18-10-8-6-2/h12-13H,5-11H2,1-4H3/q+1. The molecule has 19 heavy (non-hydrogen) atoms. The van der Waals surface area contributed by atoms with Crippen molar-refractivity contribution in [2.24, 2.45) is 5.92 Å². The first-order valence-corrected chi connectivity index (χ1v) is 8.76. The molecule has 3 atom stereocenters. The van der Waals surface area contributed by atoms with Crippen molar-refractivity contribution in [1.82, 2.24) is 0 Å². The molecule has 0 aromatic carbocycles. The molecular weight excluding hydrogens is 263 g/mol. The Labute approximate surface area is 118 Å². The Balaban J connectivity index is 3.92. The van der Waals surface area contributed by atoms with E-state index < -0.39 is 7.80 Å². The molecule has 0 aliphatic rings. The van der Waals surface area contributed by atoms with Crippen molar-refractivity contribution in [2.45, 2.75) is 59.2 Å². The molecule has 0 radical (unpaired) electrons. The van der Waals surface area contributed by atoms with Crippen LogP contribution in [0, 0.1) is 5.92 Å². The van der Waals surface area contributed by atoms with Gasteiger partial charge < -0.3 is 9.47 Å². The SMILES string of the molecule is CCCCOC(=O)C(C)C[P+](=O)C(C)OCCCC. The second kappa shape index (κ2) is 11.4. The first kappa shape index (κ1) is 18.5. The van der Waals surface area contributed by atoms with Crippen LogP contribution in [0.25, 0.3) is 0 Å². The van der Waals surface area contributed by atoms with Crippen LogP contribution in [0.3, 0.4) is 0 Å². The van der Waals surface area contributed by atoms with Gasteiger partial charge in [-0.2, -0.15) is 0 Å². The summed E-state index contributed by atoms with van der Waals surface area (Å²) in [6.45, 7) is 8.79. The fourth-order valence-corrected chi connectivity index (χ4v) is 2.69. The molecule has 5 heteroatoms. The van der Waals surface area contributed by atoms with Crippen molar-refractivity contribution in [2.75, 3.05) is 19.4 Å². The lowest BCUT2D eigenvalue weighted by molar-refractivity contribution is -0.147. The van der Waals surface area contributed by atoms with Crippen molar-refractivity contribution in [1.29, 1.82) is 0 Å². The van der Waals surface area contributed by atoms with Gasteiger partial charge in [0.25, 0.3) is 5.85 Å². The predicted molar refractivity (Wildman–Crippen MR) is 77.8 cm³/mol. The normalized spacial score (nSPS) is 14.8. The molecule has 0 N–H and O–H groups in total. The molecule has 3 unspecified atom stereocenters. The van der Waals surface area contributed by atoms with Crippen molar-refractivity contribution in [3.05, 3.63) is 0 Å². The Morgan fingerprint density at radius 1 is 1.11 bits per heavy atom. The van der Waals surface area contributed by atoms with Crippen LogP contribution in [0.1, 0.15) is 53.4 Å². The minimum atomic E-state index is -1.52. The molecule has 0 saturated heterocycles. The highest BCUT2D eigenvalue weighted by molar-refractivity contribution is 7.45. The Morgan fingerprint density at radius 3 is 2.26 bits per heavy atom. The van der Waals surface area contributed by atoms with E-state index in [-0.39, 0.29) is 17.7 Å². The molecule has 0 aromatic heterocycles. The van der Waals surface area contributed by atoms with Crippen LogP contribution >= 0.6 is 7.80 Å². The first-order valence-electron chi connectivity index (χ1n) is 7.24. The third kappa shape index (κ3) is 9.12. The average Bonchev–Trinajstić information content (AvgIpc) is 2.38. The molecule has 4 nitrogen and oxygen atoms in total. The predicted octanol–water partition coefficient (Wildman–Crippen LogP) is 3.96. The molecule has 0 aromatic rings. The highest BCUT2D eigenvalue weighted by atomic mass is 31.1. The van der Waals surface area contributed by atoms with Crippen molar-refractivity contribution in [3.63, 3.8) is 0 Å². The van der Waals surface area contributed by atoms with E-state index in [0.717, 1.165) is 25.7 Å². The summed E-state index contributed by atoms with van der Waals surface area (Å²) >= 11 is 0. The highest BCUT2D eigenvalue weighted by Crippen LogP contribution is 2.31. The van der Waals surface area contributed by atoms with E-state index >= 15 is 0 Å². The lowest BCUT2D eigenvalue weighted by Gasteiger charge is -2.08. The van der Waals surface area contributed by atoms with Gasteiger partial charge in [-0.1, -0.05) is 31.3 Å². The minimum absolute atomic E-state index is 0.252. The van der Waals surface area contributed by atoms with Gasteiger partial charge in [-0.25, -0.2) is 0 Å². The zero-order valence-electron chi connectivity index (χ0n) is 12.7. The molecule has 0 saturated carbocycles. The van der Waals surface area contributed by atoms with Crippen LogP contribution in [0.15, 0.2) is 0 Å². The van der Waals surface area contributed by atoms with E-state index in [9.17, 15) is 9.36 Å². The maximum Gasteiger partial charge on any atom is 0.370 e. The number of ether oxygens (including phenoxy) is 2. The van der Waals surface area contributed by atoms with Crippen LogP contribution in [0.2, 0.25) is 0 Å². The van der Waals surface area contributed by atoms with E-state index in [2.05, 4.69) is 6.92 Å². The highest BCUT2D eigenvalue weighted by Gasteiger charge is 2.32. The molecular formula is C14H28O4P+. The Hall–Kier alpha value is -0.470.